The van der Waals surface area contributed by atoms with Crippen LogP contribution in [0.15, 0.2) is 36.4 Å². The Morgan fingerprint density at radius 1 is 1.19 bits per heavy atom. The number of methoxy groups -OCH3 is 1. The molecule has 2 fully saturated rings. The number of hydrogen-bond donors (Lipinski definition) is 2. The molecule has 6 heteroatoms. The second-order valence-electron chi connectivity index (χ2n) is 7.59. The van der Waals surface area contributed by atoms with E-state index in [0.29, 0.717) is 13.0 Å². The van der Waals surface area contributed by atoms with Gasteiger partial charge in [0.25, 0.3) is 0 Å². The molecule has 6 nitrogen and oxygen atoms in total. The summed E-state index contributed by atoms with van der Waals surface area (Å²) in [5.41, 5.74) is -0.831. The monoisotopic (exact) mass is 378 g/mol. The lowest BCUT2D eigenvalue weighted by molar-refractivity contribution is -0.147. The van der Waals surface area contributed by atoms with Crippen molar-refractivity contribution in [3.8, 4) is 5.75 Å². The summed E-state index contributed by atoms with van der Waals surface area (Å²) in [7, 11) is 1.63. The zero-order valence-electron chi connectivity index (χ0n) is 16.4. The van der Waals surface area contributed by atoms with Crippen LogP contribution in [0.4, 0.5) is 0 Å². The Labute approximate surface area is 160 Å². The Balaban J connectivity index is 1.83. The molecule has 0 amide bonds. The molecule has 0 aromatic heterocycles. The van der Waals surface area contributed by atoms with E-state index in [4.69, 9.17) is 24.1 Å². The molecule has 1 aromatic carbocycles. The van der Waals surface area contributed by atoms with Gasteiger partial charge in [0.1, 0.15) is 23.6 Å². The number of hydrogen-bond acceptors (Lipinski definition) is 6. The molecular formula is C21H30O6. The molecule has 2 N–H and O–H groups in total. The molecule has 0 aliphatic carbocycles. The number of rotatable bonds is 7. The van der Waals surface area contributed by atoms with Gasteiger partial charge in [-0.05, 0) is 38.0 Å². The summed E-state index contributed by atoms with van der Waals surface area (Å²) in [6.45, 7) is 6.03. The molecule has 27 heavy (non-hydrogen) atoms. The van der Waals surface area contributed by atoms with Crippen LogP contribution in [0.25, 0.3) is 0 Å². The van der Waals surface area contributed by atoms with Gasteiger partial charge in [0, 0.05) is 0 Å². The van der Waals surface area contributed by atoms with Crippen molar-refractivity contribution in [1.29, 1.82) is 0 Å². The quantitative estimate of drug-likeness (QED) is 0.710. The van der Waals surface area contributed by atoms with E-state index in [2.05, 4.69) is 0 Å². The Morgan fingerprint density at radius 3 is 2.48 bits per heavy atom. The second-order valence-corrected chi connectivity index (χ2v) is 7.59. The molecule has 2 saturated heterocycles. The maximum atomic E-state index is 11.3. The molecule has 2 aliphatic heterocycles. The van der Waals surface area contributed by atoms with Gasteiger partial charge in [0.2, 0.25) is 0 Å². The van der Waals surface area contributed by atoms with Gasteiger partial charge in [-0.15, -0.1) is 0 Å². The van der Waals surface area contributed by atoms with Crippen molar-refractivity contribution in [2.24, 2.45) is 5.41 Å². The first-order valence-electron chi connectivity index (χ1n) is 9.43. The van der Waals surface area contributed by atoms with Crippen molar-refractivity contribution >= 4 is 0 Å². The van der Waals surface area contributed by atoms with Gasteiger partial charge in [0.15, 0.2) is 6.29 Å². The summed E-state index contributed by atoms with van der Waals surface area (Å²) < 4.78 is 23.5. The number of fused-ring (bicyclic) bond motifs is 1. The van der Waals surface area contributed by atoms with E-state index in [1.807, 2.05) is 38.1 Å². The third-order valence-corrected chi connectivity index (χ3v) is 6.06. The van der Waals surface area contributed by atoms with E-state index in [1.54, 1.807) is 26.2 Å². The van der Waals surface area contributed by atoms with Crippen molar-refractivity contribution < 1.29 is 29.2 Å². The third kappa shape index (κ3) is 3.41. The van der Waals surface area contributed by atoms with E-state index in [1.165, 1.54) is 0 Å². The maximum Gasteiger partial charge on any atom is 0.169 e. The minimum atomic E-state index is -1.10. The lowest BCUT2D eigenvalue weighted by Crippen LogP contribution is -2.55. The zero-order valence-corrected chi connectivity index (χ0v) is 16.4. The van der Waals surface area contributed by atoms with E-state index >= 15 is 0 Å². The summed E-state index contributed by atoms with van der Waals surface area (Å²) in [6, 6.07) is 7.68. The highest BCUT2D eigenvalue weighted by Crippen LogP contribution is 2.56. The predicted molar refractivity (Wildman–Crippen MR) is 100 cm³/mol. The third-order valence-electron chi connectivity index (χ3n) is 6.06. The van der Waals surface area contributed by atoms with Crippen molar-refractivity contribution in [3.63, 3.8) is 0 Å². The SMILES string of the molecule is CC[C@H]1O[C@@H]2O[C@H](/C=C/CO)[C@H](OCc3ccc(OC)cc3)[C@]2(C)[C@@]1(C)O. The van der Waals surface area contributed by atoms with Crippen LogP contribution in [-0.2, 0) is 20.8 Å². The first-order valence-corrected chi connectivity index (χ1v) is 9.43. The van der Waals surface area contributed by atoms with Crippen LogP contribution in [0.3, 0.4) is 0 Å². The van der Waals surface area contributed by atoms with Crippen LogP contribution in [0, 0.1) is 5.41 Å². The summed E-state index contributed by atoms with van der Waals surface area (Å²) in [5.74, 6) is 0.789. The number of aliphatic hydroxyl groups excluding tert-OH is 1. The molecule has 6 atom stereocenters. The van der Waals surface area contributed by atoms with E-state index in [0.717, 1.165) is 11.3 Å². The fourth-order valence-electron chi connectivity index (χ4n) is 4.17. The Kier molecular flexibility index (Phi) is 5.93. The van der Waals surface area contributed by atoms with Crippen LogP contribution in [-0.4, -0.2) is 54.1 Å². The number of aliphatic hydroxyl groups is 2. The van der Waals surface area contributed by atoms with E-state index < -0.39 is 29.5 Å². The predicted octanol–water partition coefficient (Wildman–Crippen LogP) is 2.42. The van der Waals surface area contributed by atoms with Crippen LogP contribution in [0.1, 0.15) is 32.8 Å². The first kappa shape index (κ1) is 20.3. The minimum absolute atomic E-state index is 0.0821. The van der Waals surface area contributed by atoms with Gasteiger partial charge in [-0.3, -0.25) is 0 Å². The van der Waals surface area contributed by atoms with Crippen molar-refractivity contribution in [2.75, 3.05) is 13.7 Å². The van der Waals surface area contributed by atoms with Crippen molar-refractivity contribution in [1.82, 2.24) is 0 Å². The largest absolute Gasteiger partial charge is 0.497 e. The van der Waals surface area contributed by atoms with Gasteiger partial charge in [-0.1, -0.05) is 31.2 Å². The molecule has 0 bridgehead atoms. The van der Waals surface area contributed by atoms with Gasteiger partial charge in [-0.25, -0.2) is 0 Å². The van der Waals surface area contributed by atoms with Crippen molar-refractivity contribution in [2.45, 2.75) is 64.0 Å². The average Bonchev–Trinajstić information content (AvgIpc) is 3.05. The summed E-state index contributed by atoms with van der Waals surface area (Å²) in [6.07, 6.45) is 2.39. The summed E-state index contributed by atoms with van der Waals surface area (Å²) in [5, 5.41) is 20.4. The lowest BCUT2D eigenvalue weighted by Gasteiger charge is -2.40. The molecule has 1 aromatic rings. The first-order chi connectivity index (χ1) is 12.9. The Morgan fingerprint density at radius 2 is 1.89 bits per heavy atom. The standard InChI is InChI=1S/C21H30O6/c1-5-17-21(3,23)20(2)18(16(7-6-12-22)26-19(20)27-17)25-13-14-8-10-15(24-4)11-9-14/h6-11,16-19,22-23H,5,12-13H2,1-4H3/b7-6+/t16-,17-,18+,19+,20+,21+/m1/s1. The highest BCUT2D eigenvalue weighted by molar-refractivity contribution is 5.27. The normalized spacial score (nSPS) is 38.4. The molecule has 0 spiro atoms. The van der Waals surface area contributed by atoms with Gasteiger partial charge in [0.05, 0.1) is 31.8 Å². The fourth-order valence-corrected chi connectivity index (χ4v) is 4.17. The van der Waals surface area contributed by atoms with Crippen LogP contribution < -0.4 is 4.74 Å². The molecule has 0 unspecified atom stereocenters. The molecular weight excluding hydrogens is 348 g/mol. The van der Waals surface area contributed by atoms with Gasteiger partial charge in [-0.2, -0.15) is 0 Å². The average molecular weight is 378 g/mol. The lowest BCUT2D eigenvalue weighted by atomic mass is 9.69. The van der Waals surface area contributed by atoms with Crippen LogP contribution >= 0.6 is 0 Å². The maximum absolute atomic E-state index is 11.3. The summed E-state index contributed by atoms with van der Waals surface area (Å²) >= 11 is 0. The van der Waals surface area contributed by atoms with E-state index in [9.17, 15) is 5.11 Å². The zero-order chi connectivity index (χ0) is 19.7. The molecule has 2 heterocycles. The highest BCUT2D eigenvalue weighted by Gasteiger charge is 2.70. The Hall–Kier alpha value is -1.44. The highest BCUT2D eigenvalue weighted by atomic mass is 16.7. The van der Waals surface area contributed by atoms with Crippen LogP contribution in [0.5, 0.6) is 5.75 Å². The van der Waals surface area contributed by atoms with Gasteiger partial charge < -0.3 is 29.2 Å². The number of ether oxygens (including phenoxy) is 4. The second kappa shape index (κ2) is 7.89. The topological polar surface area (TPSA) is 77.4 Å². The van der Waals surface area contributed by atoms with Gasteiger partial charge >= 0.3 is 0 Å². The molecule has 0 radical (unpaired) electrons. The number of benzene rings is 1. The summed E-state index contributed by atoms with van der Waals surface area (Å²) in [4.78, 5) is 0. The minimum Gasteiger partial charge on any atom is -0.497 e. The molecule has 150 valence electrons. The van der Waals surface area contributed by atoms with Crippen LogP contribution in [0.2, 0.25) is 0 Å². The molecule has 2 aliphatic rings. The van der Waals surface area contributed by atoms with Crippen molar-refractivity contribution in [3.05, 3.63) is 42.0 Å². The van der Waals surface area contributed by atoms with E-state index in [-0.39, 0.29) is 12.7 Å². The molecule has 3 rings (SSSR count). The molecule has 0 saturated carbocycles. The Bertz CT molecular complexity index is 655. The fraction of sp³-hybridized carbons (Fsp3) is 0.619. The smallest absolute Gasteiger partial charge is 0.169 e.